The number of aryl methyl sites for hydroxylation is 1. The van der Waals surface area contributed by atoms with Crippen LogP contribution in [0.4, 0.5) is 0 Å². The lowest BCUT2D eigenvalue weighted by molar-refractivity contribution is -0.124. The SMILES string of the molecule is COc1ccc2[nH]c3c(c2c1)CCC[C@H]3NC(=O)[C@H](c1ccccc1)n1cnnn1. The smallest absolute Gasteiger partial charge is 0.250 e. The maximum absolute atomic E-state index is 13.4. The molecule has 1 aliphatic rings. The lowest BCUT2D eigenvalue weighted by Gasteiger charge is -2.26. The number of methoxy groups -OCH3 is 1. The molecule has 5 rings (SSSR count). The van der Waals surface area contributed by atoms with Crippen molar-refractivity contribution in [3.8, 4) is 5.75 Å². The van der Waals surface area contributed by atoms with Crippen molar-refractivity contribution in [3.63, 3.8) is 0 Å². The third-order valence-electron chi connectivity index (χ3n) is 5.72. The van der Waals surface area contributed by atoms with Gasteiger partial charge in [0, 0.05) is 16.6 Å². The zero-order valence-corrected chi connectivity index (χ0v) is 16.6. The van der Waals surface area contributed by atoms with E-state index in [0.717, 1.165) is 47.2 Å². The number of ether oxygens (including phenoxy) is 1. The number of hydrogen-bond donors (Lipinski definition) is 2. The van der Waals surface area contributed by atoms with Crippen LogP contribution in [0, 0.1) is 0 Å². The second-order valence-corrected chi connectivity index (χ2v) is 7.49. The Labute approximate surface area is 173 Å². The van der Waals surface area contributed by atoms with Crippen molar-refractivity contribution in [2.75, 3.05) is 7.11 Å². The Kier molecular flexibility index (Phi) is 4.66. The highest BCUT2D eigenvalue weighted by Crippen LogP contribution is 2.36. The molecule has 2 atom stereocenters. The first-order valence-electron chi connectivity index (χ1n) is 10.0. The van der Waals surface area contributed by atoms with Crippen LogP contribution in [0.15, 0.2) is 54.9 Å². The molecule has 0 aliphatic heterocycles. The monoisotopic (exact) mass is 402 g/mol. The van der Waals surface area contributed by atoms with E-state index in [-0.39, 0.29) is 11.9 Å². The predicted octanol–water partition coefficient (Wildman–Crippen LogP) is 2.95. The molecular weight excluding hydrogens is 380 g/mol. The van der Waals surface area contributed by atoms with Gasteiger partial charge in [-0.2, -0.15) is 0 Å². The third kappa shape index (κ3) is 3.20. The second kappa shape index (κ2) is 7.62. The molecule has 0 spiro atoms. The van der Waals surface area contributed by atoms with Crippen LogP contribution < -0.4 is 10.1 Å². The first kappa shape index (κ1) is 18.4. The zero-order valence-electron chi connectivity index (χ0n) is 16.6. The Bertz CT molecular complexity index is 1170. The van der Waals surface area contributed by atoms with Gasteiger partial charge >= 0.3 is 0 Å². The van der Waals surface area contributed by atoms with Crippen molar-refractivity contribution < 1.29 is 9.53 Å². The summed E-state index contributed by atoms with van der Waals surface area (Å²) in [5.41, 5.74) is 4.21. The van der Waals surface area contributed by atoms with E-state index in [4.69, 9.17) is 4.74 Å². The van der Waals surface area contributed by atoms with Gasteiger partial charge < -0.3 is 15.0 Å². The van der Waals surface area contributed by atoms with E-state index in [1.807, 2.05) is 42.5 Å². The van der Waals surface area contributed by atoms with E-state index < -0.39 is 6.04 Å². The number of amides is 1. The molecule has 0 bridgehead atoms. The molecule has 2 N–H and O–H groups in total. The van der Waals surface area contributed by atoms with Crippen molar-refractivity contribution in [2.45, 2.75) is 31.3 Å². The first-order chi connectivity index (χ1) is 14.7. The lowest BCUT2D eigenvalue weighted by atomic mass is 9.91. The summed E-state index contributed by atoms with van der Waals surface area (Å²) < 4.78 is 6.88. The van der Waals surface area contributed by atoms with E-state index in [1.54, 1.807) is 7.11 Å². The van der Waals surface area contributed by atoms with E-state index in [2.05, 4.69) is 31.9 Å². The summed E-state index contributed by atoms with van der Waals surface area (Å²) in [6.45, 7) is 0. The zero-order chi connectivity index (χ0) is 20.5. The largest absolute Gasteiger partial charge is 0.497 e. The molecule has 2 heterocycles. The van der Waals surface area contributed by atoms with Crippen LogP contribution in [-0.4, -0.2) is 38.2 Å². The molecule has 0 radical (unpaired) electrons. The van der Waals surface area contributed by atoms with Crippen molar-refractivity contribution >= 4 is 16.8 Å². The Morgan fingerprint density at radius 1 is 1.27 bits per heavy atom. The van der Waals surface area contributed by atoms with Gasteiger partial charge in [0.15, 0.2) is 6.04 Å². The Balaban J connectivity index is 1.48. The molecule has 0 fully saturated rings. The topological polar surface area (TPSA) is 97.7 Å². The third-order valence-corrected chi connectivity index (χ3v) is 5.72. The van der Waals surface area contributed by atoms with Crippen LogP contribution in [0.1, 0.15) is 41.7 Å². The molecule has 0 unspecified atom stereocenters. The number of nitrogens with one attached hydrogen (secondary N) is 2. The number of nitrogens with zero attached hydrogens (tertiary/aromatic N) is 4. The summed E-state index contributed by atoms with van der Waals surface area (Å²) in [7, 11) is 1.67. The van der Waals surface area contributed by atoms with Gasteiger partial charge in [-0.15, -0.1) is 5.10 Å². The molecule has 0 saturated heterocycles. The predicted molar refractivity (Wildman–Crippen MR) is 111 cm³/mol. The normalized spacial score (nSPS) is 16.8. The van der Waals surface area contributed by atoms with Crippen LogP contribution in [0.3, 0.4) is 0 Å². The van der Waals surface area contributed by atoms with Crippen molar-refractivity contribution in [1.29, 1.82) is 0 Å². The summed E-state index contributed by atoms with van der Waals surface area (Å²) >= 11 is 0. The van der Waals surface area contributed by atoms with Gasteiger partial charge in [-0.1, -0.05) is 30.3 Å². The maximum atomic E-state index is 13.4. The van der Waals surface area contributed by atoms with Gasteiger partial charge in [-0.25, -0.2) is 4.68 Å². The van der Waals surface area contributed by atoms with Gasteiger partial charge in [0.2, 0.25) is 5.91 Å². The van der Waals surface area contributed by atoms with Crippen LogP contribution in [0.25, 0.3) is 10.9 Å². The van der Waals surface area contributed by atoms with Crippen LogP contribution in [-0.2, 0) is 11.2 Å². The standard InChI is InChI=1S/C22H22N6O2/c1-30-15-10-11-18-17(12-15)16-8-5-9-19(20(16)24-18)25-22(29)21(28-13-23-26-27-28)14-6-3-2-4-7-14/h2-4,6-7,10-13,19,21,24H,5,8-9H2,1H3,(H,25,29)/t19-,21+/m1/s1. The van der Waals surface area contributed by atoms with Gasteiger partial charge in [0.1, 0.15) is 12.1 Å². The highest BCUT2D eigenvalue weighted by molar-refractivity contribution is 5.88. The molecule has 30 heavy (non-hydrogen) atoms. The minimum absolute atomic E-state index is 0.0951. The number of carbonyl (C=O) groups excluding carboxylic acids is 1. The van der Waals surface area contributed by atoms with Gasteiger partial charge in [-0.05, 0) is 59.0 Å². The molecule has 1 amide bonds. The Morgan fingerprint density at radius 3 is 2.90 bits per heavy atom. The quantitative estimate of drug-likeness (QED) is 0.535. The summed E-state index contributed by atoms with van der Waals surface area (Å²) in [6, 6.07) is 14.9. The number of aromatic amines is 1. The molecule has 8 heteroatoms. The van der Waals surface area contributed by atoms with Crippen molar-refractivity contribution in [2.24, 2.45) is 0 Å². The summed E-state index contributed by atoms with van der Waals surface area (Å²) in [6.07, 6.45) is 4.32. The van der Waals surface area contributed by atoms with Gasteiger partial charge in [0.05, 0.1) is 13.2 Å². The number of benzene rings is 2. The molecule has 2 aromatic carbocycles. The maximum Gasteiger partial charge on any atom is 0.250 e. The summed E-state index contributed by atoms with van der Waals surface area (Å²) in [4.78, 5) is 16.9. The molecule has 0 saturated carbocycles. The molecule has 152 valence electrons. The number of carbonyl (C=O) groups is 1. The number of tetrazole rings is 1. The van der Waals surface area contributed by atoms with E-state index in [9.17, 15) is 4.79 Å². The molecular formula is C22H22N6O2. The number of aromatic nitrogens is 5. The fraction of sp³-hybridized carbons (Fsp3) is 0.273. The highest BCUT2D eigenvalue weighted by Gasteiger charge is 2.30. The molecule has 1 aliphatic carbocycles. The molecule has 4 aromatic rings. The van der Waals surface area contributed by atoms with Gasteiger partial charge in [-0.3, -0.25) is 4.79 Å². The van der Waals surface area contributed by atoms with Crippen LogP contribution >= 0.6 is 0 Å². The average molecular weight is 402 g/mol. The number of rotatable bonds is 5. The molecule has 8 nitrogen and oxygen atoms in total. The molecule has 2 aromatic heterocycles. The summed E-state index contributed by atoms with van der Waals surface area (Å²) in [5.74, 6) is 0.695. The fourth-order valence-corrected chi connectivity index (χ4v) is 4.31. The lowest BCUT2D eigenvalue weighted by Crippen LogP contribution is -2.37. The summed E-state index contributed by atoms with van der Waals surface area (Å²) in [5, 5.41) is 15.8. The number of hydrogen-bond acceptors (Lipinski definition) is 5. The highest BCUT2D eigenvalue weighted by atomic mass is 16.5. The van der Waals surface area contributed by atoms with Gasteiger partial charge in [0.25, 0.3) is 0 Å². The van der Waals surface area contributed by atoms with Crippen LogP contribution in [0.5, 0.6) is 5.75 Å². The Hall–Kier alpha value is -3.68. The number of H-pyrrole nitrogens is 1. The van der Waals surface area contributed by atoms with E-state index in [0.29, 0.717) is 0 Å². The Morgan fingerprint density at radius 2 is 2.13 bits per heavy atom. The number of fused-ring (bicyclic) bond motifs is 3. The second-order valence-electron chi connectivity index (χ2n) is 7.49. The van der Waals surface area contributed by atoms with Crippen molar-refractivity contribution in [1.82, 2.24) is 30.5 Å². The fourth-order valence-electron chi connectivity index (χ4n) is 4.31. The minimum Gasteiger partial charge on any atom is -0.497 e. The minimum atomic E-state index is -0.629. The first-order valence-corrected chi connectivity index (χ1v) is 10.0. The van der Waals surface area contributed by atoms with E-state index >= 15 is 0 Å². The van der Waals surface area contributed by atoms with E-state index in [1.165, 1.54) is 16.6 Å². The van der Waals surface area contributed by atoms with Crippen LogP contribution in [0.2, 0.25) is 0 Å². The average Bonchev–Trinajstić information content (AvgIpc) is 3.43. The van der Waals surface area contributed by atoms with Crippen molar-refractivity contribution in [3.05, 3.63) is 71.7 Å².